The molecule has 1 unspecified atom stereocenters. The van der Waals surface area contributed by atoms with Crippen molar-refractivity contribution in [3.63, 3.8) is 0 Å². The van der Waals surface area contributed by atoms with E-state index in [1.807, 2.05) is 47.6 Å². The number of hydrogen-bond acceptors (Lipinski definition) is 3. The van der Waals surface area contributed by atoms with Gasteiger partial charge in [0, 0.05) is 26.2 Å². The number of rotatable bonds is 5. The van der Waals surface area contributed by atoms with E-state index in [0.717, 1.165) is 35.1 Å². The Morgan fingerprint density at radius 3 is 2.15 bits per heavy atom. The number of carbonyl (C=O) groups excluding carboxylic acids is 1. The molecule has 0 saturated carbocycles. The van der Waals surface area contributed by atoms with Crippen molar-refractivity contribution in [1.82, 2.24) is 9.21 Å². The minimum absolute atomic E-state index is 0.0729. The third-order valence-electron chi connectivity index (χ3n) is 5.70. The molecule has 0 aliphatic carbocycles. The lowest BCUT2D eigenvalue weighted by Crippen LogP contribution is -2.46. The first-order valence-corrected chi connectivity index (χ1v) is 10.9. The summed E-state index contributed by atoms with van der Waals surface area (Å²) >= 11 is 0. The highest BCUT2D eigenvalue weighted by Gasteiger charge is 2.36. The highest BCUT2D eigenvalue weighted by Crippen LogP contribution is 2.31. The Hall–Kier alpha value is -1.40. The van der Waals surface area contributed by atoms with Gasteiger partial charge in [0.1, 0.15) is 0 Å². The van der Waals surface area contributed by atoms with E-state index in [1.54, 1.807) is 4.90 Å². The number of aryl methyl sites for hydroxylation is 2. The van der Waals surface area contributed by atoms with E-state index in [0.29, 0.717) is 24.5 Å². The molecule has 0 spiro atoms. The van der Waals surface area contributed by atoms with Crippen LogP contribution in [0.1, 0.15) is 48.9 Å². The average molecular weight is 381 g/mol. The summed E-state index contributed by atoms with van der Waals surface area (Å²) in [6, 6.07) is 2.03. The minimum Gasteiger partial charge on any atom is -0.343 e. The van der Waals surface area contributed by atoms with Crippen LogP contribution < -0.4 is 0 Å². The molecule has 1 aromatic carbocycles. The molecule has 5 nitrogen and oxygen atoms in total. The van der Waals surface area contributed by atoms with Crippen LogP contribution in [0.4, 0.5) is 0 Å². The third-order valence-corrected chi connectivity index (χ3v) is 7.84. The Bertz CT molecular complexity index is 756. The Balaban J connectivity index is 2.37. The molecule has 146 valence electrons. The van der Waals surface area contributed by atoms with Gasteiger partial charge in [-0.05, 0) is 76.6 Å². The van der Waals surface area contributed by atoms with Crippen LogP contribution in [-0.2, 0) is 14.8 Å². The average Bonchev–Trinajstić information content (AvgIpc) is 2.61. The number of nitrogens with zero attached hydrogens (tertiary/aromatic N) is 2. The first-order valence-electron chi connectivity index (χ1n) is 9.51. The lowest BCUT2D eigenvalue weighted by atomic mass is 9.98. The van der Waals surface area contributed by atoms with E-state index in [1.165, 1.54) is 4.31 Å². The van der Waals surface area contributed by atoms with Crippen LogP contribution in [0.3, 0.4) is 0 Å². The Morgan fingerprint density at radius 2 is 1.65 bits per heavy atom. The van der Waals surface area contributed by atoms with E-state index in [2.05, 4.69) is 0 Å². The molecule has 1 atom stereocenters. The molecule has 1 heterocycles. The van der Waals surface area contributed by atoms with Crippen molar-refractivity contribution in [3.8, 4) is 0 Å². The van der Waals surface area contributed by atoms with Crippen molar-refractivity contribution < 1.29 is 13.2 Å². The molecule has 0 N–H and O–H groups in total. The topological polar surface area (TPSA) is 57.7 Å². The van der Waals surface area contributed by atoms with Gasteiger partial charge in [-0.2, -0.15) is 4.31 Å². The van der Waals surface area contributed by atoms with Crippen LogP contribution in [0, 0.1) is 33.6 Å². The van der Waals surface area contributed by atoms with Gasteiger partial charge in [-0.25, -0.2) is 8.42 Å². The van der Waals surface area contributed by atoms with Gasteiger partial charge >= 0.3 is 0 Å². The summed E-state index contributed by atoms with van der Waals surface area (Å²) in [4.78, 5) is 14.9. The molecule has 0 aromatic heterocycles. The lowest BCUT2D eigenvalue weighted by Gasteiger charge is -2.34. The molecular weight excluding hydrogens is 348 g/mol. The second-order valence-electron chi connectivity index (χ2n) is 7.30. The van der Waals surface area contributed by atoms with Crippen LogP contribution >= 0.6 is 0 Å². The second-order valence-corrected chi connectivity index (χ2v) is 9.18. The zero-order valence-electron chi connectivity index (χ0n) is 16.9. The summed E-state index contributed by atoms with van der Waals surface area (Å²) in [7, 11) is -3.61. The van der Waals surface area contributed by atoms with Crippen molar-refractivity contribution in [3.05, 3.63) is 28.3 Å². The van der Waals surface area contributed by atoms with Gasteiger partial charge in [0.15, 0.2) is 0 Å². The van der Waals surface area contributed by atoms with E-state index in [4.69, 9.17) is 0 Å². The molecule has 1 fully saturated rings. The zero-order chi connectivity index (χ0) is 19.6. The molecule has 1 aliphatic rings. The number of hydrogen-bond donors (Lipinski definition) is 0. The fourth-order valence-electron chi connectivity index (χ4n) is 3.85. The van der Waals surface area contributed by atoms with E-state index < -0.39 is 10.0 Å². The summed E-state index contributed by atoms with van der Waals surface area (Å²) in [6.07, 6.45) is 1.48. The minimum atomic E-state index is -3.61. The summed E-state index contributed by atoms with van der Waals surface area (Å²) in [5, 5.41) is 0. The quantitative estimate of drug-likeness (QED) is 0.788. The Morgan fingerprint density at radius 1 is 1.12 bits per heavy atom. The number of piperidine rings is 1. The first-order chi connectivity index (χ1) is 12.1. The van der Waals surface area contributed by atoms with Crippen molar-refractivity contribution in [2.45, 2.75) is 59.3 Å². The lowest BCUT2D eigenvalue weighted by molar-refractivity contribution is -0.136. The van der Waals surface area contributed by atoms with Gasteiger partial charge in [-0.15, -0.1) is 0 Å². The molecule has 1 aromatic rings. The molecular formula is C20H32N2O3S. The fourth-order valence-corrected chi connectivity index (χ4v) is 5.95. The van der Waals surface area contributed by atoms with Gasteiger partial charge in [-0.3, -0.25) is 4.79 Å². The van der Waals surface area contributed by atoms with E-state index >= 15 is 0 Å². The van der Waals surface area contributed by atoms with Gasteiger partial charge < -0.3 is 4.90 Å². The summed E-state index contributed by atoms with van der Waals surface area (Å²) in [5.74, 6) is -0.172. The van der Waals surface area contributed by atoms with Crippen LogP contribution in [0.15, 0.2) is 11.0 Å². The Kier molecular flexibility index (Phi) is 6.51. The molecule has 0 bridgehead atoms. The van der Waals surface area contributed by atoms with Crippen LogP contribution in [0.25, 0.3) is 0 Å². The highest BCUT2D eigenvalue weighted by molar-refractivity contribution is 7.89. The SMILES string of the molecule is CCN(CC)C(=O)C1CCCN(S(=O)(=O)c2c(C)c(C)cc(C)c2C)C1. The van der Waals surface area contributed by atoms with E-state index in [9.17, 15) is 13.2 Å². The number of benzene rings is 1. The molecule has 0 radical (unpaired) electrons. The maximum absolute atomic E-state index is 13.4. The maximum Gasteiger partial charge on any atom is 0.243 e. The fraction of sp³-hybridized carbons (Fsp3) is 0.650. The predicted octanol–water partition coefficient (Wildman–Crippen LogP) is 3.19. The van der Waals surface area contributed by atoms with Crippen molar-refractivity contribution >= 4 is 15.9 Å². The number of amides is 1. The van der Waals surface area contributed by atoms with Crippen LogP contribution in [-0.4, -0.2) is 49.7 Å². The summed E-state index contributed by atoms with van der Waals surface area (Å²) < 4.78 is 28.3. The molecule has 1 aliphatic heterocycles. The maximum atomic E-state index is 13.4. The normalized spacial score (nSPS) is 18.8. The molecule has 2 rings (SSSR count). The zero-order valence-corrected chi connectivity index (χ0v) is 17.7. The van der Waals surface area contributed by atoms with Crippen molar-refractivity contribution in [2.24, 2.45) is 5.92 Å². The van der Waals surface area contributed by atoms with Gasteiger partial charge in [0.05, 0.1) is 10.8 Å². The van der Waals surface area contributed by atoms with Crippen LogP contribution in [0.2, 0.25) is 0 Å². The smallest absolute Gasteiger partial charge is 0.243 e. The largest absolute Gasteiger partial charge is 0.343 e. The van der Waals surface area contributed by atoms with Gasteiger partial charge in [-0.1, -0.05) is 6.07 Å². The van der Waals surface area contributed by atoms with Crippen molar-refractivity contribution in [1.29, 1.82) is 0 Å². The molecule has 26 heavy (non-hydrogen) atoms. The van der Waals surface area contributed by atoms with Crippen LogP contribution in [0.5, 0.6) is 0 Å². The Labute approximate surface area is 158 Å². The molecule has 1 saturated heterocycles. The summed E-state index contributed by atoms with van der Waals surface area (Å²) in [6.45, 7) is 13.6. The number of sulfonamides is 1. The highest BCUT2D eigenvalue weighted by atomic mass is 32.2. The predicted molar refractivity (Wildman–Crippen MR) is 105 cm³/mol. The molecule has 6 heteroatoms. The van der Waals surface area contributed by atoms with Gasteiger partial charge in [0.25, 0.3) is 0 Å². The third kappa shape index (κ3) is 3.81. The van der Waals surface area contributed by atoms with Gasteiger partial charge in [0.2, 0.25) is 15.9 Å². The first kappa shape index (κ1) is 20.9. The molecule has 1 amide bonds. The monoisotopic (exact) mass is 380 g/mol. The van der Waals surface area contributed by atoms with Crippen molar-refractivity contribution in [2.75, 3.05) is 26.2 Å². The standard InChI is InChI=1S/C20H32N2O3S/c1-7-21(8-2)20(23)18-10-9-11-22(13-18)26(24,25)19-16(5)14(3)12-15(4)17(19)6/h12,18H,7-11,13H2,1-6H3. The van der Waals surface area contributed by atoms with E-state index in [-0.39, 0.29) is 18.4 Å². The summed E-state index contributed by atoms with van der Waals surface area (Å²) in [5.41, 5.74) is 3.59. The number of carbonyl (C=O) groups is 1. The second kappa shape index (κ2) is 8.09.